The molecule has 0 unspecified atom stereocenters. The molecule has 1 atom stereocenters. The van der Waals surface area contributed by atoms with Crippen LogP contribution in [0.15, 0.2) is 18.2 Å². The second-order valence-electron chi connectivity index (χ2n) is 2.88. The lowest BCUT2D eigenvalue weighted by Gasteiger charge is -2.12. The summed E-state index contributed by atoms with van der Waals surface area (Å²) in [5.41, 5.74) is 5.06. The summed E-state index contributed by atoms with van der Waals surface area (Å²) in [4.78, 5) is 0. The van der Waals surface area contributed by atoms with Gasteiger partial charge in [-0.3, -0.25) is 0 Å². The molecule has 1 aromatic carbocycles. The Hall–Kier alpha value is -1.10. The molecule has 0 heterocycles. The van der Waals surface area contributed by atoms with E-state index >= 15 is 0 Å². The number of hydrogen-bond acceptors (Lipinski definition) is 1. The Kier molecular flexibility index (Phi) is 3.46. The van der Waals surface area contributed by atoms with E-state index in [4.69, 9.17) is 5.73 Å². The van der Waals surface area contributed by atoms with Gasteiger partial charge in [0.05, 0.1) is 0 Å². The van der Waals surface area contributed by atoms with Gasteiger partial charge in [0.1, 0.15) is 0 Å². The van der Waals surface area contributed by atoms with Gasteiger partial charge in [0.25, 0.3) is 0 Å². The molecule has 0 aliphatic rings. The van der Waals surface area contributed by atoms with Crippen LogP contribution < -0.4 is 5.73 Å². The van der Waals surface area contributed by atoms with Crippen LogP contribution in [0.2, 0.25) is 0 Å². The van der Waals surface area contributed by atoms with Crippen molar-refractivity contribution >= 4 is 0 Å². The van der Waals surface area contributed by atoms with Gasteiger partial charge < -0.3 is 5.73 Å². The quantitative estimate of drug-likeness (QED) is 0.757. The minimum Gasteiger partial charge on any atom is -0.324 e. The fourth-order valence-electron chi connectivity index (χ4n) is 1.13. The normalized spacial score (nSPS) is 13.3. The molecule has 14 heavy (non-hydrogen) atoms. The first-order chi connectivity index (χ1) is 6.52. The van der Waals surface area contributed by atoms with Crippen molar-refractivity contribution in [3.05, 3.63) is 35.4 Å². The van der Waals surface area contributed by atoms with Crippen molar-refractivity contribution in [3.63, 3.8) is 0 Å². The van der Waals surface area contributed by atoms with E-state index in [1.165, 1.54) is 12.1 Å². The van der Waals surface area contributed by atoms with Gasteiger partial charge in [-0.25, -0.2) is 17.6 Å². The van der Waals surface area contributed by atoms with Gasteiger partial charge in [-0.05, 0) is 6.07 Å². The van der Waals surface area contributed by atoms with Gasteiger partial charge in [0.15, 0.2) is 11.6 Å². The summed E-state index contributed by atoms with van der Waals surface area (Å²) in [5.74, 6) is -2.23. The predicted octanol–water partition coefficient (Wildman–Crippen LogP) is 2.62. The fraction of sp³-hybridized carbons (Fsp3) is 0.333. The number of benzene rings is 1. The van der Waals surface area contributed by atoms with E-state index < -0.39 is 30.5 Å². The fourth-order valence-corrected chi connectivity index (χ4v) is 1.13. The molecule has 0 aromatic heterocycles. The molecule has 5 heteroatoms. The molecule has 0 aliphatic carbocycles. The number of halogens is 4. The average Bonchev–Trinajstić information content (AvgIpc) is 2.08. The molecule has 0 spiro atoms. The predicted molar refractivity (Wildman–Crippen MR) is 43.9 cm³/mol. The zero-order valence-electron chi connectivity index (χ0n) is 7.18. The summed E-state index contributed by atoms with van der Waals surface area (Å²) in [6.45, 7) is 0. The molecule has 0 saturated heterocycles. The molecule has 1 nitrogen and oxygen atoms in total. The largest absolute Gasteiger partial charge is 0.324 e. The van der Waals surface area contributed by atoms with E-state index in [0.717, 1.165) is 6.07 Å². The molecular weight excluding hydrogens is 198 g/mol. The summed E-state index contributed by atoms with van der Waals surface area (Å²) in [6, 6.07) is 2.17. The molecule has 0 amide bonds. The molecule has 0 aliphatic heterocycles. The van der Waals surface area contributed by atoms with Crippen molar-refractivity contribution in [2.24, 2.45) is 5.73 Å². The minimum absolute atomic E-state index is 0.217. The molecule has 0 saturated carbocycles. The maximum absolute atomic E-state index is 13.0. The molecule has 0 radical (unpaired) electrons. The molecule has 1 aromatic rings. The van der Waals surface area contributed by atoms with Gasteiger partial charge in [0.2, 0.25) is 6.43 Å². The lowest BCUT2D eigenvalue weighted by atomic mass is 10.0. The van der Waals surface area contributed by atoms with Gasteiger partial charge in [-0.2, -0.15) is 0 Å². The topological polar surface area (TPSA) is 26.0 Å². The number of alkyl halides is 2. The van der Waals surface area contributed by atoms with Crippen molar-refractivity contribution in [3.8, 4) is 0 Å². The molecule has 1 rings (SSSR count). The summed E-state index contributed by atoms with van der Waals surface area (Å²) >= 11 is 0. The van der Waals surface area contributed by atoms with Crippen molar-refractivity contribution in [2.75, 3.05) is 0 Å². The van der Waals surface area contributed by atoms with E-state index in [9.17, 15) is 17.6 Å². The lowest BCUT2D eigenvalue weighted by molar-refractivity contribution is 0.128. The van der Waals surface area contributed by atoms with Crippen LogP contribution in [0.3, 0.4) is 0 Å². The summed E-state index contributed by atoms with van der Waals surface area (Å²) in [7, 11) is 0. The summed E-state index contributed by atoms with van der Waals surface area (Å²) in [6.07, 6.45) is -3.31. The average molecular weight is 207 g/mol. The van der Waals surface area contributed by atoms with Crippen molar-refractivity contribution < 1.29 is 17.6 Å². The van der Waals surface area contributed by atoms with Crippen molar-refractivity contribution in [1.29, 1.82) is 0 Å². The highest BCUT2D eigenvalue weighted by atomic mass is 19.3. The summed E-state index contributed by atoms with van der Waals surface area (Å²) in [5, 5.41) is 0. The first kappa shape index (κ1) is 11.0. The zero-order chi connectivity index (χ0) is 10.7. The van der Waals surface area contributed by atoms with Crippen LogP contribution in [-0.4, -0.2) is 6.43 Å². The zero-order valence-corrected chi connectivity index (χ0v) is 7.18. The van der Waals surface area contributed by atoms with E-state index in [1.54, 1.807) is 0 Å². The van der Waals surface area contributed by atoms with E-state index in [2.05, 4.69) is 0 Å². The Balaban J connectivity index is 2.89. The maximum Gasteiger partial charge on any atom is 0.240 e. The molecule has 78 valence electrons. The first-order valence-electron chi connectivity index (χ1n) is 4.00. The highest BCUT2D eigenvalue weighted by Gasteiger charge is 2.18. The standard InChI is InChI=1S/C9H9F4N/c10-6-3-1-2-5(9(6)13)7(14)4-8(11)12/h1-3,7-8H,4,14H2/t7-/m0/s1. The Morgan fingerprint density at radius 1 is 1.21 bits per heavy atom. The highest BCUT2D eigenvalue weighted by molar-refractivity contribution is 5.22. The van der Waals surface area contributed by atoms with Gasteiger partial charge in [-0.15, -0.1) is 0 Å². The highest BCUT2D eigenvalue weighted by Crippen LogP contribution is 2.22. The molecule has 0 fully saturated rings. The Morgan fingerprint density at radius 3 is 2.43 bits per heavy atom. The van der Waals surface area contributed by atoms with Crippen molar-refractivity contribution in [1.82, 2.24) is 0 Å². The van der Waals surface area contributed by atoms with Gasteiger partial charge >= 0.3 is 0 Å². The molecule has 2 N–H and O–H groups in total. The van der Waals surface area contributed by atoms with Crippen LogP contribution in [0.4, 0.5) is 17.6 Å². The van der Waals surface area contributed by atoms with Crippen LogP contribution in [0.5, 0.6) is 0 Å². The number of rotatable bonds is 3. The maximum atomic E-state index is 13.0. The Bertz CT molecular complexity index is 314. The van der Waals surface area contributed by atoms with Gasteiger partial charge in [-0.1, -0.05) is 12.1 Å². The number of nitrogens with two attached hydrogens (primary N) is 1. The first-order valence-corrected chi connectivity index (χ1v) is 4.00. The third kappa shape index (κ3) is 2.45. The van der Waals surface area contributed by atoms with Gasteiger partial charge in [0, 0.05) is 18.0 Å². The Morgan fingerprint density at radius 2 is 1.86 bits per heavy atom. The smallest absolute Gasteiger partial charge is 0.240 e. The third-order valence-electron chi connectivity index (χ3n) is 1.81. The molecule has 0 bridgehead atoms. The summed E-state index contributed by atoms with van der Waals surface area (Å²) < 4.78 is 49.5. The third-order valence-corrected chi connectivity index (χ3v) is 1.81. The van der Waals surface area contributed by atoms with Crippen LogP contribution in [0, 0.1) is 11.6 Å². The van der Waals surface area contributed by atoms with Crippen LogP contribution in [0.1, 0.15) is 18.0 Å². The van der Waals surface area contributed by atoms with Crippen LogP contribution in [0.25, 0.3) is 0 Å². The van der Waals surface area contributed by atoms with Crippen molar-refractivity contribution in [2.45, 2.75) is 18.9 Å². The molecular formula is C9H9F4N. The second-order valence-corrected chi connectivity index (χ2v) is 2.88. The monoisotopic (exact) mass is 207 g/mol. The van der Waals surface area contributed by atoms with Crippen LogP contribution in [-0.2, 0) is 0 Å². The lowest BCUT2D eigenvalue weighted by Crippen LogP contribution is -2.16. The van der Waals surface area contributed by atoms with E-state index in [1.807, 2.05) is 0 Å². The SMILES string of the molecule is N[C@@H](CC(F)F)c1cccc(F)c1F. The minimum atomic E-state index is -2.63. The van der Waals surface area contributed by atoms with E-state index in [0.29, 0.717) is 0 Å². The number of hydrogen-bond donors (Lipinski definition) is 1. The van der Waals surface area contributed by atoms with E-state index in [-0.39, 0.29) is 5.56 Å². The second kappa shape index (κ2) is 4.41. The van der Waals surface area contributed by atoms with Crippen LogP contribution >= 0.6 is 0 Å². The Labute approximate surface area is 78.5 Å².